The molecule has 17 heavy (non-hydrogen) atoms. The highest BCUT2D eigenvalue weighted by Gasteiger charge is 2.35. The summed E-state index contributed by atoms with van der Waals surface area (Å²) in [6.07, 6.45) is 17.4. The van der Waals surface area contributed by atoms with Crippen LogP contribution in [0.1, 0.15) is 90.9 Å². The fourth-order valence-corrected chi connectivity index (χ4v) is 4.18. The summed E-state index contributed by atoms with van der Waals surface area (Å²) < 4.78 is 0. The van der Waals surface area contributed by atoms with Gasteiger partial charge in [-0.15, -0.1) is 9.24 Å². The summed E-state index contributed by atoms with van der Waals surface area (Å²) in [5.41, 5.74) is 0. The Balaban J connectivity index is 2.39. The van der Waals surface area contributed by atoms with Crippen LogP contribution in [0.15, 0.2) is 0 Å². The van der Waals surface area contributed by atoms with Gasteiger partial charge in [0.05, 0.1) is 0 Å². The van der Waals surface area contributed by atoms with E-state index in [1.807, 2.05) is 0 Å². The van der Waals surface area contributed by atoms with E-state index in [1.54, 1.807) is 0 Å². The third-order valence-electron chi connectivity index (χ3n) is 4.66. The average Bonchev–Trinajstić information content (AvgIpc) is 2.32. The highest BCUT2D eigenvalue weighted by atomic mass is 31.0. The Morgan fingerprint density at radius 2 is 1.71 bits per heavy atom. The number of hydrogen-bond donors (Lipinski definition) is 0. The Bertz CT molecular complexity index is 190. The van der Waals surface area contributed by atoms with E-state index in [0.717, 1.165) is 5.92 Å². The summed E-state index contributed by atoms with van der Waals surface area (Å²) in [7, 11) is 3.28. The van der Waals surface area contributed by atoms with E-state index in [-0.39, 0.29) is 0 Å². The molecule has 0 N–H and O–H groups in total. The molecule has 1 aliphatic carbocycles. The van der Waals surface area contributed by atoms with Gasteiger partial charge in [-0.05, 0) is 36.8 Å². The fraction of sp³-hybridized carbons (Fsp3) is 1.00. The standard InChI is InChI=1S/C16H33P/c1-3-5-7-11-15-12-8-10-14-16(15,17)13-9-6-4-2/h15H,3-14,17H2,1-2H3. The molecular weight excluding hydrogens is 223 g/mol. The van der Waals surface area contributed by atoms with Crippen LogP contribution in [0.5, 0.6) is 0 Å². The quantitative estimate of drug-likeness (QED) is 0.372. The second kappa shape index (κ2) is 8.52. The predicted molar refractivity (Wildman–Crippen MR) is 82.7 cm³/mol. The minimum absolute atomic E-state index is 0.612. The van der Waals surface area contributed by atoms with E-state index in [4.69, 9.17) is 0 Å². The van der Waals surface area contributed by atoms with Crippen molar-refractivity contribution >= 4 is 9.24 Å². The maximum Gasteiger partial charge on any atom is -0.0122 e. The highest BCUT2D eigenvalue weighted by Crippen LogP contribution is 2.46. The molecule has 0 aromatic rings. The van der Waals surface area contributed by atoms with E-state index < -0.39 is 0 Å². The molecule has 1 saturated carbocycles. The minimum atomic E-state index is 0.612. The number of unbranched alkanes of at least 4 members (excludes halogenated alkanes) is 4. The molecule has 0 bridgehead atoms. The summed E-state index contributed by atoms with van der Waals surface area (Å²) in [6, 6.07) is 0. The van der Waals surface area contributed by atoms with Crippen LogP contribution in [0.4, 0.5) is 0 Å². The van der Waals surface area contributed by atoms with Crippen molar-refractivity contribution < 1.29 is 0 Å². The lowest BCUT2D eigenvalue weighted by atomic mass is 9.73. The normalized spacial score (nSPS) is 29.5. The molecule has 0 aliphatic heterocycles. The molecule has 0 saturated heterocycles. The zero-order valence-electron chi connectivity index (χ0n) is 12.1. The van der Waals surface area contributed by atoms with Gasteiger partial charge in [-0.25, -0.2) is 0 Å². The second-order valence-electron chi connectivity index (χ2n) is 6.13. The van der Waals surface area contributed by atoms with Crippen LogP contribution >= 0.6 is 9.24 Å². The van der Waals surface area contributed by atoms with Crippen molar-refractivity contribution in [2.24, 2.45) is 5.92 Å². The Labute approximate surface area is 112 Å². The lowest BCUT2D eigenvalue weighted by Gasteiger charge is -2.42. The molecule has 0 amide bonds. The van der Waals surface area contributed by atoms with Crippen LogP contribution in [-0.2, 0) is 0 Å². The molecular formula is C16H33P. The molecule has 0 aromatic heterocycles. The van der Waals surface area contributed by atoms with Gasteiger partial charge in [0.25, 0.3) is 0 Å². The largest absolute Gasteiger partial charge is 0.131 e. The summed E-state index contributed by atoms with van der Waals surface area (Å²) >= 11 is 0. The number of hydrogen-bond acceptors (Lipinski definition) is 0. The van der Waals surface area contributed by atoms with Crippen molar-refractivity contribution in [1.82, 2.24) is 0 Å². The van der Waals surface area contributed by atoms with Gasteiger partial charge in [-0.1, -0.05) is 65.2 Å². The third-order valence-corrected chi connectivity index (χ3v) is 5.71. The van der Waals surface area contributed by atoms with E-state index in [2.05, 4.69) is 23.1 Å². The average molecular weight is 256 g/mol. The SMILES string of the molecule is CCCCCC1CCCCC1(P)CCCCC. The summed E-state index contributed by atoms with van der Waals surface area (Å²) in [5.74, 6) is 1.00. The van der Waals surface area contributed by atoms with E-state index in [0.29, 0.717) is 5.16 Å². The van der Waals surface area contributed by atoms with Crippen molar-refractivity contribution in [3.05, 3.63) is 0 Å². The summed E-state index contributed by atoms with van der Waals surface area (Å²) in [6.45, 7) is 4.63. The van der Waals surface area contributed by atoms with E-state index in [1.165, 1.54) is 77.0 Å². The molecule has 1 fully saturated rings. The van der Waals surface area contributed by atoms with Crippen LogP contribution in [-0.4, -0.2) is 5.16 Å². The lowest BCUT2D eigenvalue weighted by molar-refractivity contribution is 0.235. The molecule has 3 atom stereocenters. The molecule has 1 rings (SSSR count). The van der Waals surface area contributed by atoms with Gasteiger partial charge in [0.15, 0.2) is 0 Å². The molecule has 0 aromatic carbocycles. The lowest BCUT2D eigenvalue weighted by Crippen LogP contribution is -2.34. The summed E-state index contributed by atoms with van der Waals surface area (Å²) in [5, 5.41) is 0.612. The number of rotatable bonds is 8. The second-order valence-corrected chi connectivity index (χ2v) is 7.28. The van der Waals surface area contributed by atoms with E-state index >= 15 is 0 Å². The van der Waals surface area contributed by atoms with Crippen LogP contribution in [0.25, 0.3) is 0 Å². The van der Waals surface area contributed by atoms with Gasteiger partial charge < -0.3 is 0 Å². The van der Waals surface area contributed by atoms with Crippen LogP contribution in [0.2, 0.25) is 0 Å². The van der Waals surface area contributed by atoms with Gasteiger partial charge in [-0.2, -0.15) is 0 Å². The molecule has 0 radical (unpaired) electrons. The molecule has 0 nitrogen and oxygen atoms in total. The van der Waals surface area contributed by atoms with Crippen molar-refractivity contribution in [3.63, 3.8) is 0 Å². The maximum atomic E-state index is 3.28. The topological polar surface area (TPSA) is 0 Å². The molecule has 0 spiro atoms. The van der Waals surface area contributed by atoms with Gasteiger partial charge in [0.1, 0.15) is 0 Å². The first-order valence-electron chi connectivity index (χ1n) is 8.02. The monoisotopic (exact) mass is 256 g/mol. The first-order valence-corrected chi connectivity index (χ1v) is 8.59. The Morgan fingerprint density at radius 3 is 2.41 bits per heavy atom. The smallest absolute Gasteiger partial charge is 0.0122 e. The van der Waals surface area contributed by atoms with Crippen molar-refractivity contribution in [2.45, 2.75) is 96.1 Å². The third kappa shape index (κ3) is 5.29. The van der Waals surface area contributed by atoms with Crippen LogP contribution in [0.3, 0.4) is 0 Å². The Hall–Kier alpha value is 0.430. The molecule has 0 heterocycles. The molecule has 3 unspecified atom stereocenters. The van der Waals surface area contributed by atoms with Gasteiger partial charge >= 0.3 is 0 Å². The predicted octanol–water partition coefficient (Wildman–Crippen LogP) is 5.95. The van der Waals surface area contributed by atoms with Gasteiger partial charge in [0.2, 0.25) is 0 Å². The van der Waals surface area contributed by atoms with Gasteiger partial charge in [-0.3, -0.25) is 0 Å². The highest BCUT2D eigenvalue weighted by molar-refractivity contribution is 7.19. The zero-order valence-corrected chi connectivity index (χ0v) is 13.3. The molecule has 102 valence electrons. The first kappa shape index (κ1) is 15.5. The van der Waals surface area contributed by atoms with E-state index in [9.17, 15) is 0 Å². The molecule has 1 heteroatoms. The van der Waals surface area contributed by atoms with Gasteiger partial charge in [0, 0.05) is 0 Å². The Morgan fingerprint density at radius 1 is 1.00 bits per heavy atom. The van der Waals surface area contributed by atoms with Crippen molar-refractivity contribution in [3.8, 4) is 0 Å². The van der Waals surface area contributed by atoms with Crippen molar-refractivity contribution in [1.29, 1.82) is 0 Å². The zero-order chi connectivity index (χ0) is 12.6. The minimum Gasteiger partial charge on any atom is -0.131 e. The Kier molecular flexibility index (Phi) is 7.76. The summed E-state index contributed by atoms with van der Waals surface area (Å²) in [4.78, 5) is 0. The fourth-order valence-electron chi connectivity index (χ4n) is 3.44. The maximum absolute atomic E-state index is 3.28. The van der Waals surface area contributed by atoms with Crippen LogP contribution < -0.4 is 0 Å². The first-order chi connectivity index (χ1) is 8.23. The molecule has 1 aliphatic rings. The van der Waals surface area contributed by atoms with Crippen molar-refractivity contribution in [2.75, 3.05) is 0 Å². The van der Waals surface area contributed by atoms with Crippen LogP contribution in [0, 0.1) is 5.92 Å².